The SMILES string of the molecule is C.O=P(O)(O)O.[Li].[Mn]. The van der Waals surface area contributed by atoms with E-state index in [9.17, 15) is 0 Å². The molecule has 0 saturated carbocycles. The first-order chi connectivity index (χ1) is 2.00. The molecule has 4 nitrogen and oxygen atoms in total. The summed E-state index contributed by atoms with van der Waals surface area (Å²) < 4.78 is 8.88. The van der Waals surface area contributed by atoms with Crippen molar-refractivity contribution in [3.05, 3.63) is 0 Å². The Hall–Kier alpha value is 1.23. The Balaban J connectivity index is -0.0000000267. The molecular formula is CH7LiMnO4P. The fraction of sp³-hybridized carbons (Fsp3) is 1.00. The molecule has 0 bridgehead atoms. The molecule has 3 N–H and O–H groups in total. The maximum Gasteiger partial charge on any atom is 0.466 e. The van der Waals surface area contributed by atoms with Gasteiger partial charge in [-0.3, -0.25) is 0 Å². The third kappa shape index (κ3) is 186. The molecule has 0 unspecified atom stereocenters. The predicted octanol–water partition coefficient (Wildman–Crippen LogP) is -0.676. The van der Waals surface area contributed by atoms with Crippen molar-refractivity contribution in [1.82, 2.24) is 0 Å². The molecule has 0 aliphatic rings. The van der Waals surface area contributed by atoms with E-state index in [1.165, 1.54) is 0 Å². The van der Waals surface area contributed by atoms with Gasteiger partial charge in [-0.15, -0.1) is 0 Å². The molecule has 0 fully saturated rings. The molecule has 0 aliphatic heterocycles. The average molecular weight is 176 g/mol. The minimum Gasteiger partial charge on any atom is -0.303 e. The molecular weight excluding hydrogens is 169 g/mol. The first-order valence-electron chi connectivity index (χ1n) is 0.783. The summed E-state index contributed by atoms with van der Waals surface area (Å²) in [6.07, 6.45) is 0. The summed E-state index contributed by atoms with van der Waals surface area (Å²) >= 11 is 0. The van der Waals surface area contributed by atoms with Crippen molar-refractivity contribution in [3.63, 3.8) is 0 Å². The number of rotatable bonds is 0. The predicted molar refractivity (Wildman–Crippen MR) is 26.7 cm³/mol. The Kier molecular flexibility index (Phi) is 23.5. The van der Waals surface area contributed by atoms with Crippen LogP contribution in [0.25, 0.3) is 0 Å². The van der Waals surface area contributed by atoms with Gasteiger partial charge in [0.15, 0.2) is 0 Å². The van der Waals surface area contributed by atoms with E-state index in [0.717, 1.165) is 0 Å². The van der Waals surface area contributed by atoms with Gasteiger partial charge in [-0.05, 0) is 0 Å². The maximum absolute atomic E-state index is 8.88. The van der Waals surface area contributed by atoms with E-state index in [1.807, 2.05) is 0 Å². The van der Waals surface area contributed by atoms with Crippen LogP contribution < -0.4 is 0 Å². The van der Waals surface area contributed by atoms with Gasteiger partial charge in [0.05, 0.1) is 0 Å². The first-order valence-corrected chi connectivity index (χ1v) is 2.35. The van der Waals surface area contributed by atoms with E-state index < -0.39 is 7.82 Å². The Labute approximate surface area is 70.6 Å². The van der Waals surface area contributed by atoms with Gasteiger partial charge in [0.2, 0.25) is 0 Å². The fourth-order valence-electron chi connectivity index (χ4n) is 0. The second-order valence-corrected chi connectivity index (χ2v) is 1.54. The van der Waals surface area contributed by atoms with Crippen LogP contribution in [0, 0.1) is 0 Å². The van der Waals surface area contributed by atoms with Crippen LogP contribution in [0.1, 0.15) is 7.43 Å². The molecule has 2 radical (unpaired) electrons. The number of hydrogen-bond donors (Lipinski definition) is 3. The molecule has 0 heterocycles. The molecule has 8 heavy (non-hydrogen) atoms. The van der Waals surface area contributed by atoms with Crippen molar-refractivity contribution in [2.24, 2.45) is 0 Å². The zero-order valence-electron chi connectivity index (χ0n) is 3.58. The van der Waals surface area contributed by atoms with Gasteiger partial charge >= 0.3 is 7.82 Å². The van der Waals surface area contributed by atoms with E-state index in [2.05, 4.69) is 0 Å². The van der Waals surface area contributed by atoms with E-state index in [0.29, 0.717) is 0 Å². The molecule has 0 amide bonds. The van der Waals surface area contributed by atoms with Crippen LogP contribution in [0.3, 0.4) is 0 Å². The van der Waals surface area contributed by atoms with E-state index in [4.69, 9.17) is 19.2 Å². The largest absolute Gasteiger partial charge is 0.466 e. The van der Waals surface area contributed by atoms with Gasteiger partial charge in [-0.1, -0.05) is 7.43 Å². The second-order valence-electron chi connectivity index (χ2n) is 0.513. The summed E-state index contributed by atoms with van der Waals surface area (Å²) in [6.45, 7) is 0. The quantitative estimate of drug-likeness (QED) is 0.337. The topological polar surface area (TPSA) is 77.8 Å². The average Bonchev–Trinajstić information content (AvgIpc) is 0.722. The van der Waals surface area contributed by atoms with Gasteiger partial charge in [0.1, 0.15) is 0 Å². The Morgan fingerprint density at radius 3 is 1.12 bits per heavy atom. The van der Waals surface area contributed by atoms with Crippen LogP contribution in [0.2, 0.25) is 0 Å². The fourth-order valence-corrected chi connectivity index (χ4v) is 0. The van der Waals surface area contributed by atoms with Crippen LogP contribution in [-0.4, -0.2) is 33.5 Å². The molecule has 0 spiro atoms. The standard InChI is InChI=1S/CH4.Li.Mn.H3O4P/c;;;1-5(2,3)4/h1H4;;;(H3,1,2,3,4). The zero-order chi connectivity index (χ0) is 4.50. The molecule has 0 atom stereocenters. The molecule has 48 valence electrons. The maximum atomic E-state index is 8.88. The molecule has 0 aromatic heterocycles. The summed E-state index contributed by atoms with van der Waals surface area (Å²) in [6, 6.07) is 0. The summed E-state index contributed by atoms with van der Waals surface area (Å²) in [5, 5.41) is 0. The van der Waals surface area contributed by atoms with Crippen LogP contribution in [0.4, 0.5) is 0 Å². The van der Waals surface area contributed by atoms with Crippen molar-refractivity contribution in [1.29, 1.82) is 0 Å². The van der Waals surface area contributed by atoms with Gasteiger partial charge < -0.3 is 14.7 Å². The van der Waals surface area contributed by atoms with Gasteiger partial charge in [0, 0.05) is 35.9 Å². The molecule has 0 saturated heterocycles. The van der Waals surface area contributed by atoms with Crippen molar-refractivity contribution >= 4 is 26.7 Å². The molecule has 7 heteroatoms. The smallest absolute Gasteiger partial charge is 0.303 e. The third-order valence-corrected chi connectivity index (χ3v) is 0. The number of hydrogen-bond acceptors (Lipinski definition) is 1. The van der Waals surface area contributed by atoms with Crippen molar-refractivity contribution in [3.8, 4) is 0 Å². The summed E-state index contributed by atoms with van der Waals surface area (Å²) in [5.74, 6) is 0. The Morgan fingerprint density at radius 1 is 1.12 bits per heavy atom. The monoisotopic (exact) mass is 176 g/mol. The minimum absolute atomic E-state index is 0. The van der Waals surface area contributed by atoms with E-state index in [1.54, 1.807) is 0 Å². The molecule has 0 aliphatic carbocycles. The van der Waals surface area contributed by atoms with Crippen molar-refractivity contribution in [2.75, 3.05) is 0 Å². The summed E-state index contributed by atoms with van der Waals surface area (Å²) in [5.41, 5.74) is 0. The molecule has 0 aromatic rings. The second kappa shape index (κ2) is 8.23. The van der Waals surface area contributed by atoms with Crippen LogP contribution in [-0.2, 0) is 21.6 Å². The van der Waals surface area contributed by atoms with Gasteiger partial charge in [-0.2, -0.15) is 0 Å². The molecule has 0 rings (SSSR count). The summed E-state index contributed by atoms with van der Waals surface area (Å²) in [4.78, 5) is 21.6. The Bertz CT molecular complexity index is 62.2. The first kappa shape index (κ1) is 22.9. The summed E-state index contributed by atoms with van der Waals surface area (Å²) in [7, 11) is -4.64. The van der Waals surface area contributed by atoms with Gasteiger partial charge in [0.25, 0.3) is 0 Å². The van der Waals surface area contributed by atoms with E-state index in [-0.39, 0.29) is 43.4 Å². The molecule has 0 aromatic carbocycles. The van der Waals surface area contributed by atoms with Crippen molar-refractivity contribution in [2.45, 2.75) is 7.43 Å². The Morgan fingerprint density at radius 2 is 1.12 bits per heavy atom. The van der Waals surface area contributed by atoms with Crippen LogP contribution in [0.15, 0.2) is 0 Å². The minimum atomic E-state index is -4.64. The zero-order valence-corrected chi connectivity index (χ0v) is 5.65. The van der Waals surface area contributed by atoms with Gasteiger partial charge in [-0.25, -0.2) is 4.57 Å². The van der Waals surface area contributed by atoms with E-state index >= 15 is 0 Å². The van der Waals surface area contributed by atoms with Crippen molar-refractivity contribution < 1.29 is 36.3 Å². The number of phosphoric acid groups is 1. The van der Waals surface area contributed by atoms with Crippen LogP contribution >= 0.6 is 7.82 Å². The van der Waals surface area contributed by atoms with Crippen LogP contribution in [0.5, 0.6) is 0 Å². The third-order valence-electron chi connectivity index (χ3n) is 0. The normalized spacial score (nSPS) is 7.38.